The van der Waals surface area contributed by atoms with E-state index in [1.54, 1.807) is 11.3 Å². The van der Waals surface area contributed by atoms with E-state index in [1.807, 2.05) is 16.8 Å². The molecule has 2 N–H and O–H groups in total. The van der Waals surface area contributed by atoms with Gasteiger partial charge in [-0.15, -0.1) is 0 Å². The van der Waals surface area contributed by atoms with Crippen LogP contribution in [-0.2, 0) is 0 Å². The largest absolute Gasteiger partial charge is 0.388 e. The van der Waals surface area contributed by atoms with Crippen LogP contribution < -0.4 is 5.32 Å². The van der Waals surface area contributed by atoms with Crippen molar-refractivity contribution in [3.63, 3.8) is 0 Å². The Labute approximate surface area is 77.2 Å². The van der Waals surface area contributed by atoms with Gasteiger partial charge in [-0.2, -0.15) is 11.3 Å². The fourth-order valence-electron chi connectivity index (χ4n) is 1.05. The molecule has 1 aromatic rings. The van der Waals surface area contributed by atoms with Crippen molar-refractivity contribution in [2.24, 2.45) is 0 Å². The summed E-state index contributed by atoms with van der Waals surface area (Å²) in [6.45, 7) is 3.92. The van der Waals surface area contributed by atoms with Crippen LogP contribution in [0.15, 0.2) is 16.8 Å². The molecule has 1 unspecified atom stereocenters. The fourth-order valence-corrected chi connectivity index (χ4v) is 1.75. The van der Waals surface area contributed by atoms with Crippen LogP contribution in [0.4, 0.5) is 0 Å². The Bertz CT molecular complexity index is 198. The molecule has 12 heavy (non-hydrogen) atoms. The summed E-state index contributed by atoms with van der Waals surface area (Å²) in [5, 5.41) is 16.8. The molecule has 1 atom stereocenters. The SMILES string of the molecule is CCNCCC(O)c1ccsc1. The van der Waals surface area contributed by atoms with E-state index in [2.05, 4.69) is 12.2 Å². The first-order valence-corrected chi connectivity index (χ1v) is 5.19. The maximum absolute atomic E-state index is 9.60. The van der Waals surface area contributed by atoms with Crippen LogP contribution in [0.25, 0.3) is 0 Å². The Morgan fingerprint density at radius 3 is 3.08 bits per heavy atom. The summed E-state index contributed by atoms with van der Waals surface area (Å²) >= 11 is 1.63. The lowest BCUT2D eigenvalue weighted by Crippen LogP contribution is -2.16. The highest BCUT2D eigenvalue weighted by molar-refractivity contribution is 7.07. The summed E-state index contributed by atoms with van der Waals surface area (Å²) in [5.74, 6) is 0. The predicted octanol–water partition coefficient (Wildman–Crippen LogP) is 1.78. The van der Waals surface area contributed by atoms with Crippen LogP contribution in [0, 0.1) is 0 Å². The molecule has 1 rings (SSSR count). The Morgan fingerprint density at radius 1 is 1.67 bits per heavy atom. The van der Waals surface area contributed by atoms with E-state index in [1.165, 1.54) is 0 Å². The smallest absolute Gasteiger partial charge is 0.0810 e. The van der Waals surface area contributed by atoms with Crippen molar-refractivity contribution in [1.29, 1.82) is 0 Å². The second kappa shape index (κ2) is 5.30. The number of hydrogen-bond acceptors (Lipinski definition) is 3. The third-order valence-corrected chi connectivity index (χ3v) is 2.47. The maximum atomic E-state index is 9.60. The Balaban J connectivity index is 2.25. The van der Waals surface area contributed by atoms with Crippen molar-refractivity contribution in [2.75, 3.05) is 13.1 Å². The summed E-state index contributed by atoms with van der Waals surface area (Å²) in [6.07, 6.45) is 0.500. The molecule has 0 aromatic carbocycles. The molecule has 0 amide bonds. The van der Waals surface area contributed by atoms with E-state index in [4.69, 9.17) is 0 Å². The van der Waals surface area contributed by atoms with Gasteiger partial charge in [0.1, 0.15) is 0 Å². The van der Waals surface area contributed by atoms with Gasteiger partial charge in [-0.05, 0) is 41.9 Å². The number of nitrogens with one attached hydrogen (secondary N) is 1. The monoisotopic (exact) mass is 185 g/mol. The Kier molecular flexibility index (Phi) is 4.29. The first kappa shape index (κ1) is 9.71. The van der Waals surface area contributed by atoms with Crippen LogP contribution in [0.5, 0.6) is 0 Å². The molecule has 3 heteroatoms. The van der Waals surface area contributed by atoms with E-state index in [-0.39, 0.29) is 6.10 Å². The van der Waals surface area contributed by atoms with E-state index >= 15 is 0 Å². The van der Waals surface area contributed by atoms with E-state index in [9.17, 15) is 5.11 Å². The molecular weight excluding hydrogens is 170 g/mol. The van der Waals surface area contributed by atoms with E-state index in [0.29, 0.717) is 0 Å². The molecule has 0 aliphatic carbocycles. The predicted molar refractivity (Wildman–Crippen MR) is 52.4 cm³/mol. The van der Waals surface area contributed by atoms with Crippen molar-refractivity contribution in [3.05, 3.63) is 22.4 Å². The normalized spacial score (nSPS) is 13.2. The molecule has 0 fully saturated rings. The van der Waals surface area contributed by atoms with Crippen molar-refractivity contribution >= 4 is 11.3 Å². The summed E-state index contributed by atoms with van der Waals surface area (Å²) in [7, 11) is 0. The van der Waals surface area contributed by atoms with Crippen LogP contribution in [0.2, 0.25) is 0 Å². The molecular formula is C9H15NOS. The Hall–Kier alpha value is -0.380. The Morgan fingerprint density at radius 2 is 2.50 bits per heavy atom. The summed E-state index contributed by atoms with van der Waals surface area (Å²) in [5.41, 5.74) is 1.04. The van der Waals surface area contributed by atoms with Gasteiger partial charge in [0, 0.05) is 0 Å². The zero-order chi connectivity index (χ0) is 8.81. The van der Waals surface area contributed by atoms with Gasteiger partial charge in [0.15, 0.2) is 0 Å². The highest BCUT2D eigenvalue weighted by atomic mass is 32.1. The minimum Gasteiger partial charge on any atom is -0.388 e. The zero-order valence-corrected chi connectivity index (χ0v) is 8.10. The molecule has 1 aromatic heterocycles. The molecule has 0 saturated carbocycles. The molecule has 0 aliphatic rings. The second-order valence-electron chi connectivity index (χ2n) is 2.71. The number of thiophene rings is 1. The summed E-state index contributed by atoms with van der Waals surface area (Å²) in [6, 6.07) is 1.97. The fraction of sp³-hybridized carbons (Fsp3) is 0.556. The number of rotatable bonds is 5. The number of aliphatic hydroxyl groups excluding tert-OH is 1. The standard InChI is InChI=1S/C9H15NOS/c1-2-10-5-3-9(11)8-4-6-12-7-8/h4,6-7,9-11H,2-3,5H2,1H3. The van der Waals surface area contributed by atoms with Crippen LogP contribution in [0.3, 0.4) is 0 Å². The molecule has 1 heterocycles. The minimum atomic E-state index is -0.296. The van der Waals surface area contributed by atoms with Gasteiger partial charge in [0.05, 0.1) is 6.10 Å². The van der Waals surface area contributed by atoms with Gasteiger partial charge >= 0.3 is 0 Å². The van der Waals surface area contributed by atoms with Crippen molar-refractivity contribution < 1.29 is 5.11 Å². The van der Waals surface area contributed by atoms with Gasteiger partial charge in [-0.25, -0.2) is 0 Å². The molecule has 0 aliphatic heterocycles. The molecule has 2 nitrogen and oxygen atoms in total. The van der Waals surface area contributed by atoms with Crippen molar-refractivity contribution in [2.45, 2.75) is 19.4 Å². The lowest BCUT2D eigenvalue weighted by molar-refractivity contribution is 0.167. The van der Waals surface area contributed by atoms with Gasteiger partial charge in [-0.3, -0.25) is 0 Å². The second-order valence-corrected chi connectivity index (χ2v) is 3.49. The van der Waals surface area contributed by atoms with Crippen molar-refractivity contribution in [3.8, 4) is 0 Å². The lowest BCUT2D eigenvalue weighted by Gasteiger charge is -2.08. The minimum absolute atomic E-state index is 0.296. The van der Waals surface area contributed by atoms with Crippen molar-refractivity contribution in [1.82, 2.24) is 5.32 Å². The van der Waals surface area contributed by atoms with Gasteiger partial charge in [0.2, 0.25) is 0 Å². The molecule has 0 saturated heterocycles. The molecule has 0 bridgehead atoms. The first-order chi connectivity index (χ1) is 5.84. The summed E-state index contributed by atoms with van der Waals surface area (Å²) in [4.78, 5) is 0. The third kappa shape index (κ3) is 2.93. The topological polar surface area (TPSA) is 32.3 Å². The molecule has 68 valence electrons. The molecule has 0 spiro atoms. The average molecular weight is 185 g/mol. The summed E-state index contributed by atoms with van der Waals surface area (Å²) < 4.78 is 0. The number of aliphatic hydroxyl groups is 1. The highest BCUT2D eigenvalue weighted by Crippen LogP contribution is 2.18. The highest BCUT2D eigenvalue weighted by Gasteiger charge is 2.05. The lowest BCUT2D eigenvalue weighted by atomic mass is 10.1. The third-order valence-electron chi connectivity index (χ3n) is 1.77. The van der Waals surface area contributed by atoms with E-state index in [0.717, 1.165) is 25.1 Å². The number of hydrogen-bond donors (Lipinski definition) is 2. The van der Waals surface area contributed by atoms with Crippen LogP contribution >= 0.6 is 11.3 Å². The molecule has 0 radical (unpaired) electrons. The van der Waals surface area contributed by atoms with E-state index < -0.39 is 0 Å². The quantitative estimate of drug-likeness (QED) is 0.685. The van der Waals surface area contributed by atoms with Crippen LogP contribution in [0.1, 0.15) is 25.0 Å². The van der Waals surface area contributed by atoms with Gasteiger partial charge in [0.25, 0.3) is 0 Å². The van der Waals surface area contributed by atoms with Gasteiger partial charge < -0.3 is 10.4 Å². The van der Waals surface area contributed by atoms with Crippen LogP contribution in [-0.4, -0.2) is 18.2 Å². The zero-order valence-electron chi connectivity index (χ0n) is 7.29. The van der Waals surface area contributed by atoms with Gasteiger partial charge in [-0.1, -0.05) is 6.92 Å². The maximum Gasteiger partial charge on any atom is 0.0810 e. The first-order valence-electron chi connectivity index (χ1n) is 4.25. The average Bonchev–Trinajstić information content (AvgIpc) is 2.56.